The van der Waals surface area contributed by atoms with Crippen LogP contribution in [0.4, 0.5) is 16.2 Å². The quantitative estimate of drug-likeness (QED) is 0.177. The second-order valence-corrected chi connectivity index (χ2v) is 10.9. The first kappa shape index (κ1) is 28.9. The van der Waals surface area contributed by atoms with E-state index in [2.05, 4.69) is 10.0 Å². The molecule has 8 nitrogen and oxygen atoms in total. The fraction of sp³-hybridized carbons (Fsp3) is 0.167. The number of nitrogens with zero attached hydrogens (tertiary/aromatic N) is 1. The maximum absolute atomic E-state index is 13.3. The van der Waals surface area contributed by atoms with E-state index in [-0.39, 0.29) is 24.0 Å². The highest BCUT2D eigenvalue weighted by molar-refractivity contribution is 7.89. The van der Waals surface area contributed by atoms with E-state index < -0.39 is 10.0 Å². The highest BCUT2D eigenvalue weighted by Crippen LogP contribution is 2.25. The second kappa shape index (κ2) is 13.8. The van der Waals surface area contributed by atoms with Gasteiger partial charge in [-0.05, 0) is 98.3 Å². The molecule has 4 aromatic carbocycles. The Labute approximate surface area is 239 Å². The molecule has 208 valence electrons. The van der Waals surface area contributed by atoms with Crippen molar-refractivity contribution in [2.24, 2.45) is 0 Å². The van der Waals surface area contributed by atoms with Gasteiger partial charge in [-0.2, -0.15) is 0 Å². The molecule has 0 spiro atoms. The van der Waals surface area contributed by atoms with Crippen molar-refractivity contribution in [3.63, 3.8) is 0 Å². The van der Waals surface area contributed by atoms with Gasteiger partial charge in [0.15, 0.2) is 0 Å². The lowest BCUT2D eigenvalue weighted by atomic mass is 10.2. The van der Waals surface area contributed by atoms with Gasteiger partial charge in [-0.3, -0.25) is 4.90 Å². The number of halogens is 1. The zero-order valence-corrected chi connectivity index (χ0v) is 23.5. The predicted molar refractivity (Wildman–Crippen MR) is 158 cm³/mol. The molecule has 10 heteroatoms. The number of sulfonamides is 1. The highest BCUT2D eigenvalue weighted by atomic mass is 35.5. The number of carbonyl (C=O) groups excluding carboxylic acids is 1. The van der Waals surface area contributed by atoms with Crippen LogP contribution in [0.1, 0.15) is 13.3 Å². The summed E-state index contributed by atoms with van der Waals surface area (Å²) in [5.41, 5.74) is 1.23. The van der Waals surface area contributed by atoms with Gasteiger partial charge in [0.05, 0.1) is 11.5 Å². The lowest BCUT2D eigenvalue weighted by molar-refractivity contribution is 0.257. The third kappa shape index (κ3) is 8.22. The SMILES string of the molecule is CCOc1ccc(NC(=O)N(CCCNS(=O)(=O)c2ccc(Cl)cc2)c2ccc(Oc3ccccc3)cc2)cc1. The Bertz CT molecular complexity index is 1480. The minimum atomic E-state index is -3.71. The van der Waals surface area contributed by atoms with E-state index in [9.17, 15) is 13.2 Å². The van der Waals surface area contributed by atoms with Gasteiger partial charge < -0.3 is 14.8 Å². The van der Waals surface area contributed by atoms with Crippen LogP contribution < -0.4 is 24.4 Å². The molecule has 2 amide bonds. The number of para-hydroxylation sites is 1. The lowest BCUT2D eigenvalue weighted by Crippen LogP contribution is -2.37. The van der Waals surface area contributed by atoms with Crippen molar-refractivity contribution in [1.82, 2.24) is 4.72 Å². The van der Waals surface area contributed by atoms with Crippen LogP contribution >= 0.6 is 11.6 Å². The number of urea groups is 1. The minimum absolute atomic E-state index is 0.121. The van der Waals surface area contributed by atoms with Gasteiger partial charge in [-0.15, -0.1) is 0 Å². The molecule has 0 saturated heterocycles. The Balaban J connectivity index is 1.44. The molecule has 40 heavy (non-hydrogen) atoms. The van der Waals surface area contributed by atoms with Gasteiger partial charge in [-0.1, -0.05) is 29.8 Å². The molecule has 4 rings (SSSR count). The molecule has 0 radical (unpaired) electrons. The number of rotatable bonds is 12. The van der Waals surface area contributed by atoms with Crippen LogP contribution in [0.5, 0.6) is 17.2 Å². The Kier molecular flexibility index (Phi) is 10.0. The summed E-state index contributed by atoms with van der Waals surface area (Å²) in [7, 11) is -3.71. The van der Waals surface area contributed by atoms with Crippen molar-refractivity contribution in [2.75, 3.05) is 29.9 Å². The summed E-state index contributed by atoms with van der Waals surface area (Å²) in [5.74, 6) is 2.03. The topological polar surface area (TPSA) is 97.0 Å². The molecule has 0 aliphatic rings. The molecule has 2 N–H and O–H groups in total. The van der Waals surface area contributed by atoms with Crippen molar-refractivity contribution < 1.29 is 22.7 Å². The third-order valence-electron chi connectivity index (χ3n) is 5.76. The van der Waals surface area contributed by atoms with E-state index in [0.29, 0.717) is 46.7 Å². The summed E-state index contributed by atoms with van der Waals surface area (Å²) in [6, 6.07) is 29.2. The monoisotopic (exact) mass is 579 g/mol. The number of hydrogen-bond acceptors (Lipinski definition) is 5. The van der Waals surface area contributed by atoms with E-state index in [1.54, 1.807) is 53.4 Å². The average molecular weight is 580 g/mol. The van der Waals surface area contributed by atoms with Crippen molar-refractivity contribution >= 4 is 39.0 Å². The Morgan fingerprint density at radius 1 is 0.825 bits per heavy atom. The number of hydrogen-bond donors (Lipinski definition) is 2. The standard InChI is InChI=1S/C30H30ClN3O5S/c1-2-38-26-15-11-24(12-16-26)33-30(35)34(22-6-21-32-40(36,37)29-19-9-23(31)10-20-29)25-13-17-28(18-14-25)39-27-7-4-3-5-8-27/h3-5,7-20,32H,2,6,21-22H2,1H3,(H,33,35). The molecule has 0 heterocycles. The second-order valence-electron chi connectivity index (χ2n) is 8.65. The first-order chi connectivity index (χ1) is 19.3. The molecule has 0 aromatic heterocycles. The van der Waals surface area contributed by atoms with Gasteiger partial charge in [-0.25, -0.2) is 17.9 Å². The molecule has 0 aliphatic carbocycles. The first-order valence-electron chi connectivity index (χ1n) is 12.7. The first-order valence-corrected chi connectivity index (χ1v) is 14.6. The Morgan fingerprint density at radius 3 is 2.10 bits per heavy atom. The zero-order chi connectivity index (χ0) is 28.4. The van der Waals surface area contributed by atoms with Crippen LogP contribution in [0.2, 0.25) is 5.02 Å². The summed E-state index contributed by atoms with van der Waals surface area (Å²) >= 11 is 5.87. The van der Waals surface area contributed by atoms with Crippen LogP contribution in [0.15, 0.2) is 108 Å². The molecular formula is C30H30ClN3O5S. The van der Waals surface area contributed by atoms with Crippen molar-refractivity contribution in [1.29, 1.82) is 0 Å². The number of nitrogens with one attached hydrogen (secondary N) is 2. The summed E-state index contributed by atoms with van der Waals surface area (Å²) < 4.78 is 39.2. The van der Waals surface area contributed by atoms with E-state index >= 15 is 0 Å². The maximum atomic E-state index is 13.3. The summed E-state index contributed by atoms with van der Waals surface area (Å²) in [6.07, 6.45) is 0.367. The van der Waals surface area contributed by atoms with E-state index in [0.717, 1.165) is 0 Å². The smallest absolute Gasteiger partial charge is 0.326 e. The van der Waals surface area contributed by atoms with Gasteiger partial charge in [0.25, 0.3) is 0 Å². The molecule has 0 bridgehead atoms. The number of carbonyl (C=O) groups is 1. The summed E-state index contributed by atoms with van der Waals surface area (Å²) in [6.45, 7) is 2.84. The predicted octanol–water partition coefficient (Wildman–Crippen LogP) is 6.94. The average Bonchev–Trinajstić information content (AvgIpc) is 2.95. The van der Waals surface area contributed by atoms with Crippen molar-refractivity contribution in [3.05, 3.63) is 108 Å². The van der Waals surface area contributed by atoms with Crippen LogP contribution in [-0.2, 0) is 10.0 Å². The normalized spacial score (nSPS) is 11.1. The number of anilines is 2. The molecule has 0 saturated carbocycles. The lowest BCUT2D eigenvalue weighted by Gasteiger charge is -2.24. The number of amides is 2. The summed E-state index contributed by atoms with van der Waals surface area (Å²) in [5, 5.41) is 3.35. The van der Waals surface area contributed by atoms with E-state index in [1.165, 1.54) is 24.3 Å². The molecule has 4 aromatic rings. The minimum Gasteiger partial charge on any atom is -0.494 e. The fourth-order valence-corrected chi connectivity index (χ4v) is 5.00. The van der Waals surface area contributed by atoms with Crippen LogP contribution in [0.3, 0.4) is 0 Å². The Morgan fingerprint density at radius 2 is 1.45 bits per heavy atom. The van der Waals surface area contributed by atoms with Gasteiger partial charge in [0.1, 0.15) is 17.2 Å². The molecular weight excluding hydrogens is 550 g/mol. The van der Waals surface area contributed by atoms with Crippen molar-refractivity contribution in [2.45, 2.75) is 18.2 Å². The fourth-order valence-electron chi connectivity index (χ4n) is 3.80. The molecule has 0 atom stereocenters. The molecule has 0 unspecified atom stereocenters. The summed E-state index contributed by atoms with van der Waals surface area (Å²) in [4.78, 5) is 15.0. The maximum Gasteiger partial charge on any atom is 0.326 e. The number of ether oxygens (including phenoxy) is 2. The highest BCUT2D eigenvalue weighted by Gasteiger charge is 2.18. The van der Waals surface area contributed by atoms with Crippen molar-refractivity contribution in [3.8, 4) is 17.2 Å². The molecule has 0 aliphatic heterocycles. The Hall–Kier alpha value is -4.05. The van der Waals surface area contributed by atoms with Crippen LogP contribution in [0.25, 0.3) is 0 Å². The third-order valence-corrected chi connectivity index (χ3v) is 7.49. The van der Waals surface area contributed by atoms with E-state index in [1.807, 2.05) is 37.3 Å². The van der Waals surface area contributed by atoms with Gasteiger partial charge >= 0.3 is 6.03 Å². The number of benzene rings is 4. The van der Waals surface area contributed by atoms with Gasteiger partial charge in [0, 0.05) is 29.5 Å². The van der Waals surface area contributed by atoms with Crippen LogP contribution in [-0.4, -0.2) is 34.1 Å². The largest absolute Gasteiger partial charge is 0.494 e. The van der Waals surface area contributed by atoms with Gasteiger partial charge in [0.2, 0.25) is 10.0 Å². The zero-order valence-electron chi connectivity index (χ0n) is 21.9. The van der Waals surface area contributed by atoms with E-state index in [4.69, 9.17) is 21.1 Å². The molecule has 0 fully saturated rings. The van der Waals surface area contributed by atoms with Crippen LogP contribution in [0, 0.1) is 0 Å².